The van der Waals surface area contributed by atoms with Gasteiger partial charge in [-0.05, 0) is 19.3 Å². The summed E-state index contributed by atoms with van der Waals surface area (Å²) in [6.07, 6.45) is 3.80. The van der Waals surface area contributed by atoms with Gasteiger partial charge in [-0.3, -0.25) is 4.55 Å². The molecule has 0 aliphatic carbocycles. The van der Waals surface area contributed by atoms with E-state index in [2.05, 4.69) is 6.58 Å². The van der Waals surface area contributed by atoms with Gasteiger partial charge in [0.1, 0.15) is 0 Å². The minimum atomic E-state index is -6.00. The molecule has 0 atom stereocenters. The molecular formula is C6H13B3F12LiO3S-3. The molecule has 0 bridgehead atoms. The average Bonchev–Trinajstić information content (AvgIpc) is 2.15. The fourth-order valence-corrected chi connectivity index (χ4v) is 1.14. The van der Waals surface area contributed by atoms with Crippen LogP contribution in [0, 0.1) is 0 Å². The SMILES string of the molecule is C=CCCCCS(=O)(=O)O.F[B-](F)(F)F.F[B-](F)(F)F.F[B-](F)(F)F.[H-].[Li+]. The maximum atomic E-state index is 10.1. The molecule has 0 amide bonds. The van der Waals surface area contributed by atoms with Crippen LogP contribution in [0.2, 0.25) is 0 Å². The normalized spacial score (nSPS) is 11.3. The van der Waals surface area contributed by atoms with E-state index in [4.69, 9.17) is 4.55 Å². The van der Waals surface area contributed by atoms with Gasteiger partial charge in [0.25, 0.3) is 10.1 Å². The fourth-order valence-electron chi connectivity index (χ4n) is 0.573. The summed E-state index contributed by atoms with van der Waals surface area (Å²) in [5, 5.41) is 0. The summed E-state index contributed by atoms with van der Waals surface area (Å²) in [6, 6.07) is 0. The van der Waals surface area contributed by atoms with Gasteiger partial charge in [-0.25, -0.2) is 0 Å². The zero-order chi connectivity index (χ0) is 21.5. The molecule has 0 aromatic heterocycles. The van der Waals surface area contributed by atoms with E-state index in [0.29, 0.717) is 6.42 Å². The van der Waals surface area contributed by atoms with Crippen LogP contribution >= 0.6 is 0 Å². The van der Waals surface area contributed by atoms with Crippen LogP contribution in [0.4, 0.5) is 51.8 Å². The summed E-state index contributed by atoms with van der Waals surface area (Å²) >= 11 is 0. The van der Waals surface area contributed by atoms with Gasteiger partial charge >= 0.3 is 40.6 Å². The molecule has 0 radical (unpaired) electrons. The van der Waals surface area contributed by atoms with Crippen LogP contribution in [0.3, 0.4) is 0 Å². The number of hydrogen-bond donors (Lipinski definition) is 1. The summed E-state index contributed by atoms with van der Waals surface area (Å²) in [5.74, 6) is -0.138. The van der Waals surface area contributed by atoms with E-state index in [1.54, 1.807) is 6.08 Å². The zero-order valence-electron chi connectivity index (χ0n) is 14.1. The van der Waals surface area contributed by atoms with Gasteiger partial charge in [0.15, 0.2) is 0 Å². The summed E-state index contributed by atoms with van der Waals surface area (Å²) in [5.41, 5.74) is 0. The van der Waals surface area contributed by atoms with Crippen LogP contribution in [0.5, 0.6) is 0 Å². The van der Waals surface area contributed by atoms with Crippen molar-refractivity contribution in [3.63, 3.8) is 0 Å². The third kappa shape index (κ3) is 277. The van der Waals surface area contributed by atoms with Gasteiger partial charge in [0.2, 0.25) is 0 Å². The molecule has 0 saturated carbocycles. The van der Waals surface area contributed by atoms with Gasteiger partial charge in [-0.1, -0.05) is 6.08 Å². The van der Waals surface area contributed by atoms with Crippen molar-refractivity contribution in [1.82, 2.24) is 0 Å². The molecule has 20 heteroatoms. The first-order valence-corrected chi connectivity index (χ1v) is 7.35. The molecule has 0 aliphatic heterocycles. The Kier molecular flexibility index (Phi) is 23.5. The van der Waals surface area contributed by atoms with Gasteiger partial charge in [0, 0.05) is 0 Å². The van der Waals surface area contributed by atoms with E-state index in [1.165, 1.54) is 0 Å². The van der Waals surface area contributed by atoms with E-state index in [9.17, 15) is 60.2 Å². The van der Waals surface area contributed by atoms with E-state index < -0.39 is 31.9 Å². The zero-order valence-corrected chi connectivity index (χ0v) is 13.9. The van der Waals surface area contributed by atoms with Gasteiger partial charge < -0.3 is 53.2 Å². The van der Waals surface area contributed by atoms with Crippen LogP contribution in [0.25, 0.3) is 0 Å². The van der Waals surface area contributed by atoms with E-state index in [-0.39, 0.29) is 26.0 Å². The first kappa shape index (κ1) is 36.5. The number of allylic oxidation sites excluding steroid dienone is 1. The predicted octanol–water partition coefficient (Wildman–Crippen LogP) is 2.25. The Labute approximate surface area is 155 Å². The van der Waals surface area contributed by atoms with Crippen molar-refractivity contribution in [2.45, 2.75) is 19.3 Å². The minimum Gasteiger partial charge on any atom is -1.00 e. The Bertz CT molecular complexity index is 383. The molecule has 0 aliphatic rings. The van der Waals surface area contributed by atoms with E-state index in [0.717, 1.165) is 12.8 Å². The summed E-state index contributed by atoms with van der Waals surface area (Å²) in [4.78, 5) is 0. The maximum Gasteiger partial charge on any atom is 1.00 e. The van der Waals surface area contributed by atoms with Crippen LogP contribution in [-0.2, 0) is 10.1 Å². The second-order valence-electron chi connectivity index (χ2n) is 3.56. The Balaban J connectivity index is -0.0000000564. The Morgan fingerprint density at radius 2 is 1.00 bits per heavy atom. The topological polar surface area (TPSA) is 54.4 Å². The van der Waals surface area contributed by atoms with Crippen LogP contribution in [0.1, 0.15) is 20.7 Å². The Morgan fingerprint density at radius 3 is 1.15 bits per heavy atom. The first-order valence-electron chi connectivity index (χ1n) is 5.74. The van der Waals surface area contributed by atoms with Gasteiger partial charge in [-0.2, -0.15) is 8.42 Å². The van der Waals surface area contributed by atoms with Crippen molar-refractivity contribution in [3.8, 4) is 0 Å². The maximum absolute atomic E-state index is 10.1. The molecule has 1 N–H and O–H groups in total. The van der Waals surface area contributed by atoms with E-state index >= 15 is 0 Å². The molecule has 0 rings (SSSR count). The molecule has 0 fully saturated rings. The molecule has 0 saturated heterocycles. The molecule has 26 heavy (non-hydrogen) atoms. The predicted molar refractivity (Wildman–Crippen MR) is 72.1 cm³/mol. The monoisotopic (exact) mass is 433 g/mol. The Morgan fingerprint density at radius 1 is 0.769 bits per heavy atom. The molecule has 0 aromatic carbocycles. The molecular weight excluding hydrogens is 419 g/mol. The molecule has 0 unspecified atom stereocenters. The fraction of sp³-hybridized carbons (Fsp3) is 0.667. The molecule has 0 aromatic rings. The molecule has 158 valence electrons. The summed E-state index contributed by atoms with van der Waals surface area (Å²) in [7, 11) is -21.7. The second-order valence-corrected chi connectivity index (χ2v) is 5.13. The first-order chi connectivity index (χ1) is 10.6. The van der Waals surface area contributed by atoms with Crippen LogP contribution in [-0.4, -0.2) is 40.5 Å². The number of rotatable bonds is 5. The van der Waals surface area contributed by atoms with Crippen molar-refractivity contribution < 1.29 is 85.0 Å². The van der Waals surface area contributed by atoms with Crippen molar-refractivity contribution in [1.29, 1.82) is 0 Å². The standard InChI is InChI=1S/C6H12O3S.3BF4.Li.H/c1-2-3-4-5-6-10(7,8)9;3*2-1(3,4)5;;/h2H,1,3-6H2,(H,7,8,9);;;;;/q;3*-1;+1;-1. The van der Waals surface area contributed by atoms with Gasteiger partial charge in [-0.15, -0.1) is 6.58 Å². The van der Waals surface area contributed by atoms with Crippen molar-refractivity contribution in [2.75, 3.05) is 5.75 Å². The number of unbranched alkanes of at least 4 members (excludes halogenated alkanes) is 2. The van der Waals surface area contributed by atoms with Crippen LogP contribution in [0.15, 0.2) is 12.7 Å². The third-order valence-electron chi connectivity index (χ3n) is 1.06. The van der Waals surface area contributed by atoms with Crippen LogP contribution < -0.4 is 18.9 Å². The van der Waals surface area contributed by atoms with Crippen molar-refractivity contribution >= 4 is 31.9 Å². The smallest absolute Gasteiger partial charge is 1.00 e. The van der Waals surface area contributed by atoms with Crippen molar-refractivity contribution in [3.05, 3.63) is 12.7 Å². The quantitative estimate of drug-likeness (QED) is 0.238. The summed E-state index contributed by atoms with van der Waals surface area (Å²) < 4.78 is 146. The number of hydrogen-bond acceptors (Lipinski definition) is 2. The van der Waals surface area contributed by atoms with E-state index in [1.807, 2.05) is 0 Å². The number of halogens is 12. The Hall–Kier alpha value is -0.398. The molecule has 0 heterocycles. The largest absolute Gasteiger partial charge is 1.00 e. The molecule has 0 spiro atoms. The minimum absolute atomic E-state index is 0. The average molecular weight is 433 g/mol. The third-order valence-corrected chi connectivity index (χ3v) is 1.87. The summed E-state index contributed by atoms with van der Waals surface area (Å²) in [6.45, 7) is 3.48. The second kappa shape index (κ2) is 16.8. The van der Waals surface area contributed by atoms with Gasteiger partial charge in [0.05, 0.1) is 5.75 Å². The van der Waals surface area contributed by atoms with Crippen molar-refractivity contribution in [2.24, 2.45) is 0 Å². The molecule has 3 nitrogen and oxygen atoms in total.